The van der Waals surface area contributed by atoms with Gasteiger partial charge in [-0.3, -0.25) is 14.4 Å². The van der Waals surface area contributed by atoms with Crippen LogP contribution in [0.1, 0.15) is 39.5 Å². The van der Waals surface area contributed by atoms with Crippen LogP contribution in [0.3, 0.4) is 0 Å². The zero-order valence-corrected chi connectivity index (χ0v) is 26.2. The summed E-state index contributed by atoms with van der Waals surface area (Å²) in [6, 6.07) is 5.54. The molecule has 0 radical (unpaired) electrons. The maximum absolute atomic E-state index is 14.7. The van der Waals surface area contributed by atoms with E-state index in [1.165, 1.54) is 0 Å². The fourth-order valence-corrected chi connectivity index (χ4v) is 10.2. The Morgan fingerprint density at radius 1 is 1.32 bits per heavy atom. The minimum absolute atomic E-state index is 0.0610. The fraction of sp³-hybridized carbons (Fsp3) is 0.567. The molecule has 218 valence electrons. The van der Waals surface area contributed by atoms with Crippen molar-refractivity contribution < 1.29 is 24.2 Å². The van der Waals surface area contributed by atoms with Gasteiger partial charge in [0.05, 0.1) is 35.8 Å². The second kappa shape index (κ2) is 13.0. The first-order valence-corrected chi connectivity index (χ1v) is 16.0. The van der Waals surface area contributed by atoms with E-state index >= 15 is 0 Å². The normalized spacial score (nSPS) is 30.1. The Morgan fingerprint density at radius 3 is 2.62 bits per heavy atom. The van der Waals surface area contributed by atoms with Gasteiger partial charge in [0, 0.05) is 27.3 Å². The Morgan fingerprint density at radius 2 is 2.02 bits per heavy atom. The predicted octanol–water partition coefficient (Wildman–Crippen LogP) is 5.24. The number of amides is 2. The van der Waals surface area contributed by atoms with Crippen LogP contribution in [0.5, 0.6) is 0 Å². The molecule has 3 saturated heterocycles. The number of hydrogen-bond donors (Lipinski definition) is 1. The molecule has 3 unspecified atom stereocenters. The first-order valence-electron chi connectivity index (χ1n) is 13.9. The maximum Gasteiger partial charge on any atom is 0.310 e. The number of nitrogens with zero attached hydrogens (tertiary/aromatic N) is 2. The van der Waals surface area contributed by atoms with E-state index in [-0.39, 0.29) is 47.6 Å². The third-order valence-electron chi connectivity index (χ3n) is 8.59. The van der Waals surface area contributed by atoms with Crippen molar-refractivity contribution >= 4 is 62.8 Å². The van der Waals surface area contributed by atoms with E-state index in [0.29, 0.717) is 30.0 Å². The quantitative estimate of drug-likeness (QED) is 0.136. The van der Waals surface area contributed by atoms with Gasteiger partial charge in [0.2, 0.25) is 5.91 Å². The number of allylic oxidation sites excluding steroid dienone is 1. The van der Waals surface area contributed by atoms with Gasteiger partial charge in [-0.05, 0) is 49.4 Å². The molecule has 10 heteroatoms. The number of esters is 1. The summed E-state index contributed by atoms with van der Waals surface area (Å²) < 4.78 is 4.83. The average Bonchev–Trinajstić information content (AvgIpc) is 3.54. The largest absolute Gasteiger partial charge is 0.465 e. The van der Waals surface area contributed by atoms with Gasteiger partial charge in [-0.1, -0.05) is 60.0 Å². The zero-order valence-electron chi connectivity index (χ0n) is 23.0. The molecule has 4 rings (SSSR count). The standard InChI is InChI=1S/C30H38BrClN2O5S/c1-5-8-9-15-39-29(38)23-24-27(36)34(22(17-35)18(4)7-3)26(30(24)16-21(31)25(23)40-30)28(37)33(14-6-2)20-12-10-19(32)11-13-20/h5-6,10-13,18,21-26,35H,1-2,7-9,14-17H2,3-4H3/t18-,21?,22-,23+,24-,25+,26?,30?/m0/s1. The molecule has 7 nitrogen and oxygen atoms in total. The van der Waals surface area contributed by atoms with E-state index in [0.717, 1.165) is 6.42 Å². The number of halogens is 2. The Labute approximate surface area is 254 Å². The lowest BCUT2D eigenvalue weighted by molar-refractivity contribution is -0.154. The number of carbonyl (C=O) groups is 3. The highest BCUT2D eigenvalue weighted by atomic mass is 79.9. The molecule has 0 aliphatic carbocycles. The van der Waals surface area contributed by atoms with Crippen LogP contribution < -0.4 is 4.90 Å². The van der Waals surface area contributed by atoms with Gasteiger partial charge in [-0.25, -0.2) is 0 Å². The number of aliphatic hydroxyl groups is 1. The number of benzene rings is 1. The molecule has 1 aromatic carbocycles. The monoisotopic (exact) mass is 652 g/mol. The number of aliphatic hydroxyl groups excluding tert-OH is 1. The number of likely N-dealkylation sites (tertiary alicyclic amines) is 1. The van der Waals surface area contributed by atoms with Crippen molar-refractivity contribution in [1.82, 2.24) is 4.90 Å². The molecular weight excluding hydrogens is 616 g/mol. The summed E-state index contributed by atoms with van der Waals surface area (Å²) in [4.78, 5) is 45.8. The van der Waals surface area contributed by atoms with Crippen LogP contribution in [-0.4, -0.2) is 74.5 Å². The molecule has 0 saturated carbocycles. The van der Waals surface area contributed by atoms with Crippen molar-refractivity contribution in [2.45, 2.75) is 66.4 Å². The SMILES string of the molecule is C=CCCCOC(=O)[C@H]1[C@@H]2SC3(CC2Br)C(C(=O)N(CC=C)c2ccc(Cl)cc2)N([C@@H](CO)[C@@H](C)CC)C(=O)[C@H]13. The molecule has 2 amide bonds. The molecule has 3 fully saturated rings. The van der Waals surface area contributed by atoms with Gasteiger partial charge >= 0.3 is 5.97 Å². The van der Waals surface area contributed by atoms with Gasteiger partial charge in [0.15, 0.2) is 0 Å². The lowest BCUT2D eigenvalue weighted by Gasteiger charge is -2.41. The van der Waals surface area contributed by atoms with Gasteiger partial charge in [-0.15, -0.1) is 24.9 Å². The summed E-state index contributed by atoms with van der Waals surface area (Å²) in [5.41, 5.74) is 0.636. The van der Waals surface area contributed by atoms with Gasteiger partial charge in [0.25, 0.3) is 5.91 Å². The number of hydrogen-bond acceptors (Lipinski definition) is 6. The minimum Gasteiger partial charge on any atom is -0.465 e. The van der Waals surface area contributed by atoms with E-state index in [2.05, 4.69) is 29.1 Å². The second-order valence-corrected chi connectivity index (χ2v) is 14.0. The smallest absolute Gasteiger partial charge is 0.310 e. The average molecular weight is 654 g/mol. The van der Waals surface area contributed by atoms with E-state index in [1.54, 1.807) is 58.0 Å². The lowest BCUT2D eigenvalue weighted by atomic mass is 9.71. The van der Waals surface area contributed by atoms with Crippen LogP contribution in [0.2, 0.25) is 5.02 Å². The first kappa shape index (κ1) is 31.1. The van der Waals surface area contributed by atoms with Crippen molar-refractivity contribution in [3.63, 3.8) is 0 Å². The van der Waals surface area contributed by atoms with Crippen LogP contribution in [0.15, 0.2) is 49.6 Å². The molecule has 3 aliphatic heterocycles. The molecule has 40 heavy (non-hydrogen) atoms. The van der Waals surface area contributed by atoms with Crippen LogP contribution in [-0.2, 0) is 19.1 Å². The van der Waals surface area contributed by atoms with E-state index in [9.17, 15) is 19.5 Å². The predicted molar refractivity (Wildman–Crippen MR) is 164 cm³/mol. The summed E-state index contributed by atoms with van der Waals surface area (Å²) in [6.45, 7) is 11.8. The maximum atomic E-state index is 14.7. The Hall–Kier alpha value is -1.81. The minimum atomic E-state index is -0.875. The zero-order chi connectivity index (χ0) is 29.2. The molecule has 1 aromatic rings. The van der Waals surface area contributed by atoms with Crippen molar-refractivity contribution in [1.29, 1.82) is 0 Å². The Bertz CT molecular complexity index is 1140. The second-order valence-electron chi connectivity index (χ2n) is 10.9. The van der Waals surface area contributed by atoms with Gasteiger partial charge in [0.1, 0.15) is 6.04 Å². The number of anilines is 1. The fourth-order valence-electron chi connectivity index (χ4n) is 6.50. The Balaban J connectivity index is 1.79. The molecule has 2 bridgehead atoms. The Kier molecular flexibility index (Phi) is 10.1. The molecule has 1 N–H and O–H groups in total. The molecule has 0 aromatic heterocycles. The summed E-state index contributed by atoms with van der Waals surface area (Å²) >= 11 is 11.5. The molecule has 3 heterocycles. The highest BCUT2D eigenvalue weighted by Crippen LogP contribution is 2.68. The number of unbranched alkanes of at least 4 members (excludes halogenated alkanes) is 1. The number of carbonyl (C=O) groups excluding carboxylic acids is 3. The number of fused-ring (bicyclic) bond motifs is 1. The summed E-state index contributed by atoms with van der Waals surface area (Å²) in [5, 5.41) is 10.9. The highest BCUT2D eigenvalue weighted by molar-refractivity contribution is 9.09. The van der Waals surface area contributed by atoms with Crippen LogP contribution >= 0.6 is 39.3 Å². The van der Waals surface area contributed by atoms with Crippen LogP contribution in [0.25, 0.3) is 0 Å². The highest BCUT2D eigenvalue weighted by Gasteiger charge is 2.76. The van der Waals surface area contributed by atoms with Crippen molar-refractivity contribution in [2.24, 2.45) is 17.8 Å². The summed E-state index contributed by atoms with van der Waals surface area (Å²) in [5.74, 6) is -2.37. The topological polar surface area (TPSA) is 87.2 Å². The van der Waals surface area contributed by atoms with Crippen molar-refractivity contribution in [3.05, 3.63) is 54.6 Å². The van der Waals surface area contributed by atoms with E-state index < -0.39 is 34.6 Å². The molecular formula is C30H38BrClN2O5S. The first-order chi connectivity index (χ1) is 19.2. The van der Waals surface area contributed by atoms with E-state index in [1.807, 2.05) is 13.8 Å². The summed E-state index contributed by atoms with van der Waals surface area (Å²) in [7, 11) is 0. The van der Waals surface area contributed by atoms with Crippen molar-refractivity contribution in [3.8, 4) is 0 Å². The van der Waals surface area contributed by atoms with Crippen LogP contribution in [0, 0.1) is 17.8 Å². The van der Waals surface area contributed by atoms with Gasteiger partial charge < -0.3 is 19.6 Å². The third-order valence-corrected chi connectivity index (χ3v) is 12.1. The number of alkyl halides is 1. The third kappa shape index (κ3) is 5.39. The number of rotatable bonds is 13. The van der Waals surface area contributed by atoms with E-state index in [4.69, 9.17) is 16.3 Å². The van der Waals surface area contributed by atoms with Crippen LogP contribution in [0.4, 0.5) is 5.69 Å². The summed E-state index contributed by atoms with van der Waals surface area (Å²) in [6.07, 6.45) is 6.08. The number of thioether (sulfide) groups is 1. The molecule has 8 atom stereocenters. The molecule has 1 spiro atoms. The van der Waals surface area contributed by atoms with Crippen molar-refractivity contribution in [2.75, 3.05) is 24.7 Å². The molecule has 3 aliphatic rings. The lowest BCUT2D eigenvalue weighted by Crippen LogP contribution is -2.59. The number of ether oxygens (including phenoxy) is 1. The van der Waals surface area contributed by atoms with Gasteiger partial charge in [-0.2, -0.15) is 0 Å².